The van der Waals surface area contributed by atoms with E-state index in [0.29, 0.717) is 73.5 Å². The second-order valence-corrected chi connectivity index (χ2v) is 11.0. The van der Waals surface area contributed by atoms with Crippen LogP contribution in [-0.2, 0) is 16.1 Å². The number of piperazine rings is 1. The van der Waals surface area contributed by atoms with Crippen molar-refractivity contribution in [2.45, 2.75) is 19.4 Å². The third-order valence-corrected chi connectivity index (χ3v) is 8.36. The Morgan fingerprint density at radius 2 is 1.73 bits per heavy atom. The van der Waals surface area contributed by atoms with Crippen molar-refractivity contribution < 1.29 is 28.2 Å². The molecule has 2 aromatic heterocycles. The first-order valence-corrected chi connectivity index (χ1v) is 14.8. The van der Waals surface area contributed by atoms with Gasteiger partial charge in [0.1, 0.15) is 11.4 Å². The number of hydrogen-bond donors (Lipinski definition) is 1. The maximum absolute atomic E-state index is 16.5. The largest absolute Gasteiger partial charge is 0.496 e. The molecule has 0 atom stereocenters. The molecule has 0 saturated carbocycles. The SMILES string of the molecule is COC(=O)N1CCN(C(=O)c2cc3c(-c4ccccc4OC)cc(C4=CCCN(C(=O)CCn5ccnn5)C4)c(F)c3[nH]2)CC1. The number of aryl methyl sites for hydroxylation is 1. The quantitative estimate of drug-likeness (QED) is 0.335. The number of aromatic nitrogens is 4. The van der Waals surface area contributed by atoms with Gasteiger partial charge < -0.3 is 29.2 Å². The minimum Gasteiger partial charge on any atom is -0.496 e. The van der Waals surface area contributed by atoms with E-state index in [1.54, 1.807) is 51.0 Å². The Balaban J connectivity index is 1.34. The van der Waals surface area contributed by atoms with Crippen molar-refractivity contribution in [3.63, 3.8) is 0 Å². The molecule has 2 aliphatic rings. The lowest BCUT2D eigenvalue weighted by atomic mass is 9.93. The number of aromatic amines is 1. The summed E-state index contributed by atoms with van der Waals surface area (Å²) in [4.78, 5) is 46.6. The smallest absolute Gasteiger partial charge is 0.409 e. The Labute approximate surface area is 259 Å². The van der Waals surface area contributed by atoms with Crippen molar-refractivity contribution in [2.24, 2.45) is 0 Å². The van der Waals surface area contributed by atoms with Crippen molar-refractivity contribution in [2.75, 3.05) is 53.5 Å². The van der Waals surface area contributed by atoms with Gasteiger partial charge in [-0.2, -0.15) is 0 Å². The van der Waals surface area contributed by atoms with Crippen LogP contribution in [0, 0.1) is 5.82 Å². The number of rotatable bonds is 7. The highest BCUT2D eigenvalue weighted by molar-refractivity contribution is 6.05. The maximum atomic E-state index is 16.5. The molecule has 1 saturated heterocycles. The van der Waals surface area contributed by atoms with Crippen LogP contribution in [0.4, 0.5) is 9.18 Å². The molecule has 0 bridgehead atoms. The van der Waals surface area contributed by atoms with E-state index in [1.807, 2.05) is 30.3 Å². The molecule has 0 radical (unpaired) electrons. The fraction of sp³-hybridized carbons (Fsp3) is 0.344. The number of benzene rings is 2. The van der Waals surface area contributed by atoms with Gasteiger partial charge in [0.2, 0.25) is 5.91 Å². The number of fused-ring (bicyclic) bond motifs is 1. The summed E-state index contributed by atoms with van der Waals surface area (Å²) in [6, 6.07) is 10.9. The number of nitrogens with zero attached hydrogens (tertiary/aromatic N) is 6. The van der Waals surface area contributed by atoms with Gasteiger partial charge in [0.25, 0.3) is 5.91 Å². The summed E-state index contributed by atoms with van der Waals surface area (Å²) in [6.45, 7) is 2.52. The van der Waals surface area contributed by atoms with Crippen LogP contribution in [0.5, 0.6) is 5.75 Å². The van der Waals surface area contributed by atoms with Crippen molar-refractivity contribution in [1.82, 2.24) is 34.7 Å². The van der Waals surface area contributed by atoms with E-state index in [-0.39, 0.29) is 36.0 Å². The van der Waals surface area contributed by atoms with E-state index in [4.69, 9.17) is 9.47 Å². The van der Waals surface area contributed by atoms with Crippen LogP contribution in [0.3, 0.4) is 0 Å². The summed E-state index contributed by atoms with van der Waals surface area (Å²) in [6.07, 6.45) is 5.63. The van der Waals surface area contributed by atoms with E-state index in [9.17, 15) is 14.4 Å². The van der Waals surface area contributed by atoms with Gasteiger partial charge in [0.15, 0.2) is 5.82 Å². The highest BCUT2D eigenvalue weighted by Crippen LogP contribution is 2.40. The summed E-state index contributed by atoms with van der Waals surface area (Å²) >= 11 is 0. The lowest BCUT2D eigenvalue weighted by molar-refractivity contribution is -0.131. The molecule has 1 fully saturated rings. The fourth-order valence-corrected chi connectivity index (χ4v) is 5.96. The molecule has 0 aliphatic carbocycles. The van der Waals surface area contributed by atoms with Gasteiger partial charge in [0.05, 0.1) is 32.5 Å². The molecule has 0 unspecified atom stereocenters. The Hall–Kier alpha value is -5.20. The number of hydrogen-bond acceptors (Lipinski definition) is 7. The van der Waals surface area contributed by atoms with Crippen LogP contribution in [0.2, 0.25) is 0 Å². The number of amides is 3. The maximum Gasteiger partial charge on any atom is 0.409 e. The number of para-hydroxylation sites is 1. The molecule has 2 aliphatic heterocycles. The second-order valence-electron chi connectivity index (χ2n) is 11.0. The van der Waals surface area contributed by atoms with Gasteiger partial charge in [-0.15, -0.1) is 5.10 Å². The Bertz CT molecular complexity index is 1760. The third kappa shape index (κ3) is 5.97. The van der Waals surface area contributed by atoms with Gasteiger partial charge in [-0.3, -0.25) is 14.3 Å². The predicted octanol–water partition coefficient (Wildman–Crippen LogP) is 3.80. The molecule has 45 heavy (non-hydrogen) atoms. The average Bonchev–Trinajstić information content (AvgIpc) is 3.78. The molecule has 1 N–H and O–H groups in total. The zero-order valence-electron chi connectivity index (χ0n) is 25.2. The molecule has 4 heterocycles. The monoisotopic (exact) mass is 615 g/mol. The van der Waals surface area contributed by atoms with E-state index in [1.165, 1.54) is 7.11 Å². The molecular weight excluding hydrogens is 581 g/mol. The number of nitrogens with one attached hydrogen (secondary N) is 1. The summed E-state index contributed by atoms with van der Waals surface area (Å²) in [7, 11) is 2.90. The molecule has 13 heteroatoms. The lowest BCUT2D eigenvalue weighted by Gasteiger charge is -2.33. The van der Waals surface area contributed by atoms with Crippen LogP contribution in [0.1, 0.15) is 28.9 Å². The number of carbonyl (C=O) groups excluding carboxylic acids is 3. The normalized spacial score (nSPS) is 15.3. The minimum absolute atomic E-state index is 0.0532. The van der Waals surface area contributed by atoms with Crippen molar-refractivity contribution >= 4 is 34.4 Å². The van der Waals surface area contributed by atoms with Crippen molar-refractivity contribution in [3.8, 4) is 16.9 Å². The van der Waals surface area contributed by atoms with E-state index >= 15 is 4.39 Å². The van der Waals surface area contributed by atoms with Crippen LogP contribution < -0.4 is 4.74 Å². The van der Waals surface area contributed by atoms with Crippen LogP contribution in [-0.4, -0.2) is 106 Å². The summed E-state index contributed by atoms with van der Waals surface area (Å²) in [5, 5.41) is 8.24. The summed E-state index contributed by atoms with van der Waals surface area (Å²) in [5.74, 6) is -0.237. The Morgan fingerprint density at radius 1 is 0.956 bits per heavy atom. The van der Waals surface area contributed by atoms with Crippen LogP contribution in [0.25, 0.3) is 27.6 Å². The molecule has 3 amide bonds. The van der Waals surface area contributed by atoms with Crippen LogP contribution >= 0.6 is 0 Å². The summed E-state index contributed by atoms with van der Waals surface area (Å²) in [5.41, 5.74) is 2.91. The van der Waals surface area contributed by atoms with Gasteiger partial charge in [0, 0.05) is 68.4 Å². The Morgan fingerprint density at radius 3 is 2.47 bits per heavy atom. The number of H-pyrrole nitrogens is 1. The fourth-order valence-electron chi connectivity index (χ4n) is 5.96. The minimum atomic E-state index is -0.499. The highest BCUT2D eigenvalue weighted by Gasteiger charge is 2.29. The van der Waals surface area contributed by atoms with Gasteiger partial charge >= 0.3 is 6.09 Å². The van der Waals surface area contributed by atoms with E-state index < -0.39 is 11.9 Å². The molecule has 0 spiro atoms. The molecule has 4 aromatic rings. The van der Waals surface area contributed by atoms with Gasteiger partial charge in [-0.05, 0) is 35.8 Å². The van der Waals surface area contributed by atoms with Crippen LogP contribution in [0.15, 0.2) is 54.9 Å². The van der Waals surface area contributed by atoms with E-state index in [2.05, 4.69) is 15.3 Å². The Kier molecular flexibility index (Phi) is 8.49. The number of ether oxygens (including phenoxy) is 2. The topological polar surface area (TPSA) is 126 Å². The molecular formula is C32H34FN7O5. The van der Waals surface area contributed by atoms with Gasteiger partial charge in [-0.25, -0.2) is 9.18 Å². The molecule has 2 aromatic carbocycles. The first-order chi connectivity index (χ1) is 21.9. The zero-order valence-corrected chi connectivity index (χ0v) is 25.2. The van der Waals surface area contributed by atoms with Crippen molar-refractivity contribution in [1.29, 1.82) is 0 Å². The number of methoxy groups -OCH3 is 2. The first kappa shape index (κ1) is 29.9. The number of carbonyl (C=O) groups is 3. The average molecular weight is 616 g/mol. The summed E-state index contributed by atoms with van der Waals surface area (Å²) < 4.78 is 28.5. The highest BCUT2D eigenvalue weighted by atomic mass is 19.1. The zero-order chi connectivity index (χ0) is 31.5. The third-order valence-electron chi connectivity index (χ3n) is 8.36. The first-order valence-electron chi connectivity index (χ1n) is 14.8. The lowest BCUT2D eigenvalue weighted by Crippen LogP contribution is -2.50. The second kappa shape index (κ2) is 12.8. The molecule has 6 rings (SSSR count). The number of halogens is 1. The van der Waals surface area contributed by atoms with E-state index in [0.717, 1.165) is 5.56 Å². The molecule has 234 valence electrons. The molecule has 12 nitrogen and oxygen atoms in total. The van der Waals surface area contributed by atoms with Gasteiger partial charge in [-0.1, -0.05) is 29.5 Å². The predicted molar refractivity (Wildman–Crippen MR) is 164 cm³/mol. The standard InChI is InChI=1S/C32H34FN7O5/c1-44-27-8-4-3-7-22(27)24-18-23(21-6-5-11-39(20-21)28(41)9-12-40-13-10-34-36-40)29(33)30-25(24)19-26(35-30)31(42)37-14-16-38(17-15-37)32(43)45-2/h3-4,6-8,10,13,18-19,35H,5,9,11-12,14-17,20H2,1-2H3. The van der Waals surface area contributed by atoms with Crippen molar-refractivity contribution in [3.05, 3.63) is 71.9 Å².